The van der Waals surface area contributed by atoms with Gasteiger partial charge in [-0.05, 0) is 12.0 Å². The van der Waals surface area contributed by atoms with Crippen molar-refractivity contribution in [3.8, 4) is 0 Å². The van der Waals surface area contributed by atoms with Crippen LogP contribution < -0.4 is 5.73 Å². The lowest BCUT2D eigenvalue weighted by molar-refractivity contribution is 0.0520. The Kier molecular flexibility index (Phi) is 2.46. The van der Waals surface area contributed by atoms with Crippen molar-refractivity contribution in [3.63, 3.8) is 0 Å². The van der Waals surface area contributed by atoms with Gasteiger partial charge in [-0.25, -0.2) is 0 Å². The second-order valence-corrected chi connectivity index (χ2v) is 5.05. The zero-order chi connectivity index (χ0) is 11.1. The molecule has 0 unspecified atom stereocenters. The van der Waals surface area contributed by atoms with Crippen LogP contribution in [0, 0.1) is 5.92 Å². The maximum Gasteiger partial charge on any atom is 0.0747 e. The van der Waals surface area contributed by atoms with E-state index in [1.165, 1.54) is 5.56 Å². The summed E-state index contributed by atoms with van der Waals surface area (Å²) in [4.78, 5) is 2.41. The molecule has 4 atom stereocenters. The van der Waals surface area contributed by atoms with E-state index in [0.717, 1.165) is 19.5 Å². The van der Waals surface area contributed by atoms with E-state index in [0.29, 0.717) is 12.0 Å². The summed E-state index contributed by atoms with van der Waals surface area (Å²) in [5, 5.41) is 9.82. The Labute approximate surface area is 95.9 Å². The third-order valence-electron chi connectivity index (χ3n) is 4.03. The number of fused-ring (bicyclic) bond motifs is 2. The highest BCUT2D eigenvalue weighted by Crippen LogP contribution is 2.37. The normalized spacial score (nSPS) is 38.1. The Morgan fingerprint density at radius 2 is 2.06 bits per heavy atom. The van der Waals surface area contributed by atoms with E-state index in [2.05, 4.69) is 29.2 Å². The zero-order valence-electron chi connectivity index (χ0n) is 9.29. The van der Waals surface area contributed by atoms with Gasteiger partial charge in [-0.3, -0.25) is 4.90 Å². The molecular weight excluding hydrogens is 200 g/mol. The van der Waals surface area contributed by atoms with Crippen LogP contribution in [-0.4, -0.2) is 34.7 Å². The summed E-state index contributed by atoms with van der Waals surface area (Å²) in [6.07, 6.45) is 0.784. The molecular formula is C13H18N2O. The minimum absolute atomic E-state index is 0.0533. The van der Waals surface area contributed by atoms with Gasteiger partial charge in [0, 0.05) is 31.1 Å². The lowest BCUT2D eigenvalue weighted by Gasteiger charge is -2.34. The van der Waals surface area contributed by atoms with Crippen LogP contribution >= 0.6 is 0 Å². The average molecular weight is 218 g/mol. The van der Waals surface area contributed by atoms with Crippen molar-refractivity contribution in [3.05, 3.63) is 35.9 Å². The quantitative estimate of drug-likeness (QED) is 0.763. The second kappa shape index (κ2) is 3.84. The molecule has 2 aliphatic rings. The van der Waals surface area contributed by atoms with Crippen LogP contribution in [0.3, 0.4) is 0 Å². The van der Waals surface area contributed by atoms with Crippen LogP contribution in [-0.2, 0) is 6.54 Å². The first-order valence-electron chi connectivity index (χ1n) is 5.97. The molecule has 0 radical (unpaired) electrons. The summed E-state index contributed by atoms with van der Waals surface area (Å²) < 4.78 is 0. The summed E-state index contributed by atoms with van der Waals surface area (Å²) in [5.41, 5.74) is 7.35. The highest BCUT2D eigenvalue weighted by molar-refractivity contribution is 5.16. The molecule has 1 saturated heterocycles. The molecule has 1 aromatic carbocycles. The maximum atomic E-state index is 9.82. The van der Waals surface area contributed by atoms with Crippen LogP contribution in [0.15, 0.2) is 30.3 Å². The Morgan fingerprint density at radius 3 is 2.69 bits per heavy atom. The Morgan fingerprint density at radius 1 is 1.31 bits per heavy atom. The standard InChI is InChI=1S/C13H18N2O/c14-12-11-6-10(13(12)16)8-15(11)7-9-4-2-1-3-5-9/h1-5,10-13,16H,6-8,14H2/t10-,11+,12-,13+/m0/s1. The summed E-state index contributed by atoms with van der Waals surface area (Å²) in [7, 11) is 0. The molecule has 0 spiro atoms. The fourth-order valence-electron chi connectivity index (χ4n) is 3.16. The first-order valence-corrected chi connectivity index (χ1v) is 5.97. The van der Waals surface area contributed by atoms with Gasteiger partial charge < -0.3 is 10.8 Å². The van der Waals surface area contributed by atoms with E-state index in [-0.39, 0.29) is 12.1 Å². The highest BCUT2D eigenvalue weighted by Gasteiger charge is 2.49. The molecule has 1 heterocycles. The molecule has 2 fully saturated rings. The lowest BCUT2D eigenvalue weighted by Crippen LogP contribution is -2.52. The molecule has 1 saturated carbocycles. The number of hydrogen-bond acceptors (Lipinski definition) is 3. The highest BCUT2D eigenvalue weighted by atomic mass is 16.3. The van der Waals surface area contributed by atoms with Crippen LogP contribution in [0.4, 0.5) is 0 Å². The average Bonchev–Trinajstić information content (AvgIpc) is 2.82. The van der Waals surface area contributed by atoms with Gasteiger partial charge in [-0.15, -0.1) is 0 Å². The molecule has 3 heteroatoms. The SMILES string of the molecule is N[C@@H]1[C@H](O)[C@H]2C[C@H]1N(Cc1ccccc1)C2. The predicted octanol–water partition coefficient (Wildman–Crippen LogP) is 0.579. The van der Waals surface area contributed by atoms with Crippen molar-refractivity contribution in [2.75, 3.05) is 6.54 Å². The van der Waals surface area contributed by atoms with Gasteiger partial charge in [0.1, 0.15) is 0 Å². The fourth-order valence-corrected chi connectivity index (χ4v) is 3.16. The molecule has 3 nitrogen and oxygen atoms in total. The van der Waals surface area contributed by atoms with Crippen LogP contribution in [0.2, 0.25) is 0 Å². The van der Waals surface area contributed by atoms with E-state index >= 15 is 0 Å². The number of benzene rings is 1. The Balaban J connectivity index is 1.71. The molecule has 0 amide bonds. The van der Waals surface area contributed by atoms with Gasteiger partial charge in [-0.1, -0.05) is 30.3 Å². The lowest BCUT2D eigenvalue weighted by atomic mass is 10.0. The topological polar surface area (TPSA) is 49.5 Å². The molecule has 86 valence electrons. The van der Waals surface area contributed by atoms with Gasteiger partial charge in [-0.2, -0.15) is 0 Å². The number of nitrogens with two attached hydrogens (primary N) is 1. The molecule has 3 rings (SSSR count). The van der Waals surface area contributed by atoms with Crippen molar-refractivity contribution in [1.82, 2.24) is 4.90 Å². The Hall–Kier alpha value is -0.900. The first-order chi connectivity index (χ1) is 7.75. The monoisotopic (exact) mass is 218 g/mol. The molecule has 16 heavy (non-hydrogen) atoms. The minimum Gasteiger partial charge on any atom is -0.391 e. The van der Waals surface area contributed by atoms with Crippen molar-refractivity contribution in [2.45, 2.75) is 31.2 Å². The van der Waals surface area contributed by atoms with E-state index in [4.69, 9.17) is 5.73 Å². The van der Waals surface area contributed by atoms with Crippen molar-refractivity contribution >= 4 is 0 Å². The molecule has 2 bridgehead atoms. The number of hydrogen-bond donors (Lipinski definition) is 2. The molecule has 1 aromatic rings. The molecule has 3 N–H and O–H groups in total. The minimum atomic E-state index is -0.281. The van der Waals surface area contributed by atoms with Crippen LogP contribution in [0.1, 0.15) is 12.0 Å². The maximum absolute atomic E-state index is 9.82. The summed E-state index contributed by atoms with van der Waals surface area (Å²) in [6, 6.07) is 10.8. The van der Waals surface area contributed by atoms with Gasteiger partial charge >= 0.3 is 0 Å². The van der Waals surface area contributed by atoms with E-state index < -0.39 is 0 Å². The van der Waals surface area contributed by atoms with Crippen molar-refractivity contribution < 1.29 is 5.11 Å². The van der Waals surface area contributed by atoms with Crippen molar-refractivity contribution in [1.29, 1.82) is 0 Å². The summed E-state index contributed by atoms with van der Waals surface area (Å²) in [5.74, 6) is 0.392. The fraction of sp³-hybridized carbons (Fsp3) is 0.538. The van der Waals surface area contributed by atoms with E-state index in [9.17, 15) is 5.11 Å². The number of aliphatic hydroxyl groups is 1. The van der Waals surface area contributed by atoms with E-state index in [1.807, 2.05) is 6.07 Å². The number of nitrogens with zero attached hydrogens (tertiary/aromatic N) is 1. The molecule has 1 aliphatic carbocycles. The number of piperidine rings is 1. The smallest absolute Gasteiger partial charge is 0.0747 e. The first kappa shape index (κ1) is 10.3. The largest absolute Gasteiger partial charge is 0.391 e. The number of rotatable bonds is 2. The van der Waals surface area contributed by atoms with Gasteiger partial charge in [0.15, 0.2) is 0 Å². The van der Waals surface area contributed by atoms with Gasteiger partial charge in [0.05, 0.1) is 6.10 Å². The Bertz CT molecular complexity index is 365. The number of aliphatic hydroxyl groups excluding tert-OH is 1. The predicted molar refractivity (Wildman–Crippen MR) is 62.7 cm³/mol. The van der Waals surface area contributed by atoms with Crippen LogP contribution in [0.5, 0.6) is 0 Å². The molecule has 1 aliphatic heterocycles. The summed E-state index contributed by atoms with van der Waals surface area (Å²) in [6.45, 7) is 1.96. The second-order valence-electron chi connectivity index (χ2n) is 5.05. The third-order valence-corrected chi connectivity index (χ3v) is 4.03. The van der Waals surface area contributed by atoms with Crippen molar-refractivity contribution in [2.24, 2.45) is 11.7 Å². The third kappa shape index (κ3) is 1.56. The zero-order valence-corrected chi connectivity index (χ0v) is 9.29. The van der Waals surface area contributed by atoms with E-state index in [1.54, 1.807) is 0 Å². The molecule has 0 aromatic heterocycles. The summed E-state index contributed by atoms with van der Waals surface area (Å²) >= 11 is 0. The van der Waals surface area contributed by atoms with Gasteiger partial charge in [0.25, 0.3) is 0 Å². The van der Waals surface area contributed by atoms with Crippen LogP contribution in [0.25, 0.3) is 0 Å². The number of likely N-dealkylation sites (tertiary alicyclic amines) is 1. The van der Waals surface area contributed by atoms with Gasteiger partial charge in [0.2, 0.25) is 0 Å².